The number of rotatable bonds is 2. The average Bonchev–Trinajstić information content (AvgIpc) is 2.97. The molecule has 102 valence electrons. The first-order valence-corrected chi connectivity index (χ1v) is 6.47. The molecule has 0 saturated heterocycles. The Balaban J connectivity index is 2.11. The highest BCUT2D eigenvalue weighted by atomic mass is 32.1. The summed E-state index contributed by atoms with van der Waals surface area (Å²) in [6, 6.07) is 4.61. The maximum Gasteiger partial charge on any atom is 0.416 e. The van der Waals surface area contributed by atoms with Crippen LogP contribution in [0.3, 0.4) is 0 Å². The molecule has 0 aliphatic heterocycles. The minimum Gasteiger partial charge on any atom is -0.296 e. The van der Waals surface area contributed by atoms with Crippen LogP contribution in [0.25, 0.3) is 16.2 Å². The van der Waals surface area contributed by atoms with Crippen LogP contribution in [0.2, 0.25) is 0 Å². The van der Waals surface area contributed by atoms with E-state index in [1.165, 1.54) is 23.5 Å². The molecule has 0 radical (unpaired) electrons. The number of aromatic nitrogens is 2. The van der Waals surface area contributed by atoms with Gasteiger partial charge < -0.3 is 0 Å². The van der Waals surface area contributed by atoms with Crippen LogP contribution < -0.4 is 0 Å². The Labute approximate surface area is 115 Å². The molecule has 1 aromatic carbocycles. The molecule has 0 unspecified atom stereocenters. The number of halogens is 3. The second-order valence-electron chi connectivity index (χ2n) is 4.09. The lowest BCUT2D eigenvalue weighted by molar-refractivity contribution is -0.137. The molecule has 0 fully saturated rings. The van der Waals surface area contributed by atoms with Crippen LogP contribution in [-0.2, 0) is 6.18 Å². The number of aldehydes is 1. The molecule has 3 nitrogen and oxygen atoms in total. The summed E-state index contributed by atoms with van der Waals surface area (Å²) in [6.07, 6.45) is -2.02. The fourth-order valence-corrected chi connectivity index (χ4v) is 2.67. The van der Waals surface area contributed by atoms with Crippen LogP contribution in [-0.4, -0.2) is 15.7 Å². The number of imidazole rings is 1. The number of hydrogen-bond acceptors (Lipinski definition) is 3. The van der Waals surface area contributed by atoms with Gasteiger partial charge in [0.05, 0.1) is 5.56 Å². The normalized spacial score (nSPS) is 11.9. The molecule has 0 saturated carbocycles. The lowest BCUT2D eigenvalue weighted by atomic mass is 10.1. The summed E-state index contributed by atoms with van der Waals surface area (Å²) < 4.78 is 39.1. The number of carbonyl (C=O) groups excluding carboxylic acids is 1. The maximum absolute atomic E-state index is 12.5. The van der Waals surface area contributed by atoms with Gasteiger partial charge in [-0.25, -0.2) is 4.98 Å². The van der Waals surface area contributed by atoms with Crippen molar-refractivity contribution in [3.63, 3.8) is 0 Å². The predicted molar refractivity (Wildman–Crippen MR) is 68.9 cm³/mol. The van der Waals surface area contributed by atoms with Gasteiger partial charge in [0, 0.05) is 17.1 Å². The van der Waals surface area contributed by atoms with E-state index in [0.717, 1.165) is 12.1 Å². The minimum atomic E-state index is -4.37. The molecular formula is C13H7F3N2OS. The first-order chi connectivity index (χ1) is 9.50. The van der Waals surface area contributed by atoms with Gasteiger partial charge in [-0.05, 0) is 12.1 Å². The van der Waals surface area contributed by atoms with Gasteiger partial charge in [-0.15, -0.1) is 11.3 Å². The summed E-state index contributed by atoms with van der Waals surface area (Å²) in [7, 11) is 0. The fourth-order valence-electron chi connectivity index (χ4n) is 1.95. The highest BCUT2D eigenvalue weighted by Crippen LogP contribution is 2.32. The fraction of sp³-hybridized carbons (Fsp3) is 0.0769. The van der Waals surface area contributed by atoms with Crippen molar-refractivity contribution in [2.75, 3.05) is 0 Å². The van der Waals surface area contributed by atoms with Crippen molar-refractivity contribution in [1.82, 2.24) is 9.38 Å². The Morgan fingerprint density at radius 1 is 1.20 bits per heavy atom. The molecule has 3 rings (SSSR count). The molecule has 0 aliphatic rings. The molecule has 0 N–H and O–H groups in total. The Morgan fingerprint density at radius 3 is 2.50 bits per heavy atom. The van der Waals surface area contributed by atoms with Gasteiger partial charge in [0.15, 0.2) is 11.2 Å². The highest BCUT2D eigenvalue weighted by molar-refractivity contribution is 7.15. The highest BCUT2D eigenvalue weighted by Gasteiger charge is 2.30. The van der Waals surface area contributed by atoms with Crippen LogP contribution in [0.1, 0.15) is 16.1 Å². The van der Waals surface area contributed by atoms with Crippen molar-refractivity contribution >= 4 is 22.6 Å². The molecule has 0 aliphatic carbocycles. The Hall–Kier alpha value is -2.15. The van der Waals surface area contributed by atoms with Crippen LogP contribution in [0.4, 0.5) is 13.2 Å². The first-order valence-electron chi connectivity index (χ1n) is 5.59. The zero-order valence-electron chi connectivity index (χ0n) is 9.89. The van der Waals surface area contributed by atoms with Gasteiger partial charge in [-0.1, -0.05) is 12.1 Å². The van der Waals surface area contributed by atoms with Crippen molar-refractivity contribution < 1.29 is 18.0 Å². The van der Waals surface area contributed by atoms with Crippen LogP contribution in [0.15, 0.2) is 35.8 Å². The molecule has 0 bridgehead atoms. The summed E-state index contributed by atoms with van der Waals surface area (Å²) in [5.74, 6) is 0. The van der Waals surface area contributed by atoms with Gasteiger partial charge in [0.2, 0.25) is 0 Å². The summed E-state index contributed by atoms with van der Waals surface area (Å²) in [5.41, 5.74) is 0.479. The van der Waals surface area contributed by atoms with Crippen molar-refractivity contribution in [1.29, 1.82) is 0 Å². The van der Waals surface area contributed by atoms with E-state index in [2.05, 4.69) is 4.98 Å². The molecule has 20 heavy (non-hydrogen) atoms. The van der Waals surface area contributed by atoms with Gasteiger partial charge in [-0.2, -0.15) is 13.2 Å². The van der Waals surface area contributed by atoms with E-state index in [1.807, 2.05) is 0 Å². The SMILES string of the molecule is O=Cc1c(-c2ccc(C(F)(F)F)cc2)nc2sccn12. The topological polar surface area (TPSA) is 34.4 Å². The minimum absolute atomic E-state index is 0.334. The van der Waals surface area contributed by atoms with Crippen molar-refractivity contribution in [2.24, 2.45) is 0 Å². The summed E-state index contributed by atoms with van der Waals surface area (Å²) in [4.78, 5) is 16.1. The largest absolute Gasteiger partial charge is 0.416 e. The quantitative estimate of drug-likeness (QED) is 0.672. The number of carbonyl (C=O) groups is 1. The van der Waals surface area contributed by atoms with E-state index in [1.54, 1.807) is 16.0 Å². The van der Waals surface area contributed by atoms with Crippen LogP contribution >= 0.6 is 11.3 Å². The zero-order chi connectivity index (χ0) is 14.3. The zero-order valence-corrected chi connectivity index (χ0v) is 10.7. The van der Waals surface area contributed by atoms with Crippen molar-refractivity contribution in [2.45, 2.75) is 6.18 Å². The first kappa shape index (κ1) is 12.9. The molecule has 2 heterocycles. The van der Waals surface area contributed by atoms with Crippen molar-refractivity contribution in [3.8, 4) is 11.3 Å². The summed E-state index contributed by atoms with van der Waals surface area (Å²) >= 11 is 1.35. The lowest BCUT2D eigenvalue weighted by Crippen LogP contribution is -2.04. The molecule has 3 aromatic rings. The number of nitrogens with zero attached hydrogens (tertiary/aromatic N) is 2. The number of hydrogen-bond donors (Lipinski definition) is 0. The van der Waals surface area contributed by atoms with E-state index in [-0.39, 0.29) is 0 Å². The number of fused-ring (bicyclic) bond motifs is 1. The van der Waals surface area contributed by atoms with Crippen LogP contribution in [0, 0.1) is 0 Å². The second kappa shape index (κ2) is 4.45. The van der Waals surface area contributed by atoms with E-state index in [4.69, 9.17) is 0 Å². The Kier molecular flexibility index (Phi) is 2.86. The molecule has 0 spiro atoms. The van der Waals surface area contributed by atoms with Gasteiger partial charge in [-0.3, -0.25) is 9.20 Å². The molecule has 2 aromatic heterocycles. The van der Waals surface area contributed by atoms with Crippen molar-refractivity contribution in [3.05, 3.63) is 47.1 Å². The third kappa shape index (κ3) is 2.00. The third-order valence-corrected chi connectivity index (χ3v) is 3.65. The second-order valence-corrected chi connectivity index (χ2v) is 4.97. The Bertz CT molecular complexity index is 771. The average molecular weight is 296 g/mol. The Morgan fingerprint density at radius 2 is 1.90 bits per heavy atom. The van der Waals surface area contributed by atoms with Gasteiger partial charge in [0.25, 0.3) is 0 Å². The molecule has 0 amide bonds. The number of thiazole rings is 1. The van der Waals surface area contributed by atoms with E-state index in [0.29, 0.717) is 28.2 Å². The molecule has 7 heteroatoms. The van der Waals surface area contributed by atoms with E-state index >= 15 is 0 Å². The summed E-state index contributed by atoms with van der Waals surface area (Å²) in [6.45, 7) is 0. The third-order valence-electron chi connectivity index (χ3n) is 2.90. The van der Waals surface area contributed by atoms with E-state index in [9.17, 15) is 18.0 Å². The van der Waals surface area contributed by atoms with E-state index < -0.39 is 11.7 Å². The smallest absolute Gasteiger partial charge is 0.296 e. The maximum atomic E-state index is 12.5. The monoisotopic (exact) mass is 296 g/mol. The summed E-state index contributed by atoms with van der Waals surface area (Å²) in [5, 5.41) is 1.78. The van der Waals surface area contributed by atoms with Gasteiger partial charge in [0.1, 0.15) is 11.4 Å². The predicted octanol–water partition coefficient (Wildman–Crippen LogP) is 3.89. The molecular weight excluding hydrogens is 289 g/mol. The molecule has 0 atom stereocenters. The standard InChI is InChI=1S/C13H7F3N2OS/c14-13(15,16)9-3-1-8(2-4-9)11-10(7-19)18-5-6-20-12(18)17-11/h1-7H. The number of benzene rings is 1. The van der Waals surface area contributed by atoms with Crippen LogP contribution in [0.5, 0.6) is 0 Å². The number of alkyl halides is 3. The van der Waals surface area contributed by atoms with Gasteiger partial charge >= 0.3 is 6.18 Å². The lowest BCUT2D eigenvalue weighted by Gasteiger charge is -2.06.